The van der Waals surface area contributed by atoms with Gasteiger partial charge in [-0.05, 0) is 13.1 Å². The van der Waals surface area contributed by atoms with E-state index >= 15 is 0 Å². The summed E-state index contributed by atoms with van der Waals surface area (Å²) in [5, 5.41) is 0. The predicted molar refractivity (Wildman–Crippen MR) is 72.5 cm³/mol. The van der Waals surface area contributed by atoms with Gasteiger partial charge in [0, 0.05) is 33.7 Å². The molecule has 0 rings (SSSR count). The second-order valence-corrected chi connectivity index (χ2v) is 4.12. The van der Waals surface area contributed by atoms with Crippen LogP contribution in [0.2, 0.25) is 0 Å². The van der Waals surface area contributed by atoms with Crippen molar-refractivity contribution in [3.63, 3.8) is 0 Å². The number of hydrogen-bond donors (Lipinski definition) is 0. The highest BCUT2D eigenvalue weighted by Crippen LogP contribution is 2.01. The Morgan fingerprint density at radius 2 is 1.61 bits per heavy atom. The average molecular weight is 260 g/mol. The number of ether oxygens (including phenoxy) is 2. The fourth-order valence-corrected chi connectivity index (χ4v) is 1.77. The lowest BCUT2D eigenvalue weighted by atomic mass is 10.3. The van der Waals surface area contributed by atoms with Gasteiger partial charge in [-0.25, -0.2) is 0 Å². The molecule has 108 valence electrons. The molecular weight excluding hydrogens is 232 g/mol. The second kappa shape index (κ2) is 10.3. The van der Waals surface area contributed by atoms with Crippen LogP contribution in [0, 0.1) is 0 Å². The second-order valence-electron chi connectivity index (χ2n) is 4.12. The predicted octanol–water partition coefficient (Wildman–Crippen LogP) is 1.19. The highest BCUT2D eigenvalue weighted by molar-refractivity contribution is 5.75. The minimum atomic E-state index is -0.350. The van der Waals surface area contributed by atoms with Gasteiger partial charge in [0.2, 0.25) is 5.91 Å². The molecule has 0 aliphatic heterocycles. The van der Waals surface area contributed by atoms with Gasteiger partial charge in [-0.1, -0.05) is 20.8 Å². The quantitative estimate of drug-likeness (QED) is 0.553. The van der Waals surface area contributed by atoms with Crippen LogP contribution in [0.1, 0.15) is 27.2 Å². The SMILES string of the molecule is CCC(=O)N(CCN(CC)CC)CC(OC)OC. The van der Waals surface area contributed by atoms with Crippen LogP contribution in [-0.2, 0) is 14.3 Å². The summed E-state index contributed by atoms with van der Waals surface area (Å²) in [7, 11) is 3.18. The minimum Gasteiger partial charge on any atom is -0.354 e. The van der Waals surface area contributed by atoms with Crippen molar-refractivity contribution in [2.24, 2.45) is 0 Å². The van der Waals surface area contributed by atoms with Crippen LogP contribution in [0.3, 0.4) is 0 Å². The summed E-state index contributed by atoms with van der Waals surface area (Å²) in [4.78, 5) is 16.0. The van der Waals surface area contributed by atoms with E-state index in [1.807, 2.05) is 11.8 Å². The van der Waals surface area contributed by atoms with Gasteiger partial charge in [-0.3, -0.25) is 4.79 Å². The molecule has 0 atom stereocenters. The molecule has 0 unspecified atom stereocenters. The number of methoxy groups -OCH3 is 2. The molecule has 5 nitrogen and oxygen atoms in total. The van der Waals surface area contributed by atoms with Crippen LogP contribution in [0.5, 0.6) is 0 Å². The molecule has 0 spiro atoms. The summed E-state index contributed by atoms with van der Waals surface area (Å²) in [5.74, 6) is 0.140. The molecule has 5 heteroatoms. The summed E-state index contributed by atoms with van der Waals surface area (Å²) in [5.41, 5.74) is 0. The number of amides is 1. The van der Waals surface area contributed by atoms with E-state index in [0.717, 1.165) is 26.2 Å². The van der Waals surface area contributed by atoms with E-state index in [4.69, 9.17) is 9.47 Å². The van der Waals surface area contributed by atoms with Crippen LogP contribution >= 0.6 is 0 Å². The summed E-state index contributed by atoms with van der Waals surface area (Å²) < 4.78 is 10.3. The van der Waals surface area contributed by atoms with Crippen molar-refractivity contribution >= 4 is 5.91 Å². The Hall–Kier alpha value is -0.650. The van der Waals surface area contributed by atoms with E-state index in [1.165, 1.54) is 0 Å². The van der Waals surface area contributed by atoms with E-state index in [0.29, 0.717) is 13.0 Å². The molecule has 0 aliphatic carbocycles. The molecule has 0 heterocycles. The van der Waals surface area contributed by atoms with Crippen molar-refractivity contribution in [2.75, 3.05) is 46.9 Å². The molecule has 0 aliphatic rings. The van der Waals surface area contributed by atoms with Crippen molar-refractivity contribution in [1.82, 2.24) is 9.80 Å². The van der Waals surface area contributed by atoms with Crippen LogP contribution in [-0.4, -0.2) is 68.9 Å². The van der Waals surface area contributed by atoms with Crippen molar-refractivity contribution in [3.05, 3.63) is 0 Å². The Labute approximate surface area is 111 Å². The van der Waals surface area contributed by atoms with Crippen LogP contribution in [0.25, 0.3) is 0 Å². The Bertz CT molecular complexity index is 216. The van der Waals surface area contributed by atoms with Gasteiger partial charge in [-0.15, -0.1) is 0 Å². The molecule has 0 aromatic heterocycles. The highest BCUT2D eigenvalue weighted by Gasteiger charge is 2.17. The van der Waals surface area contributed by atoms with E-state index in [2.05, 4.69) is 18.7 Å². The summed E-state index contributed by atoms with van der Waals surface area (Å²) in [6.07, 6.45) is 0.162. The zero-order valence-corrected chi connectivity index (χ0v) is 12.4. The molecule has 18 heavy (non-hydrogen) atoms. The third-order valence-electron chi connectivity index (χ3n) is 3.13. The molecule has 0 saturated carbocycles. The smallest absolute Gasteiger partial charge is 0.222 e. The van der Waals surface area contributed by atoms with Gasteiger partial charge in [-0.2, -0.15) is 0 Å². The number of hydrogen-bond acceptors (Lipinski definition) is 4. The third-order valence-corrected chi connectivity index (χ3v) is 3.13. The number of likely N-dealkylation sites (N-methyl/N-ethyl adjacent to an activating group) is 1. The van der Waals surface area contributed by atoms with E-state index in [-0.39, 0.29) is 12.2 Å². The maximum absolute atomic E-state index is 11.9. The van der Waals surface area contributed by atoms with E-state index in [9.17, 15) is 4.79 Å². The lowest BCUT2D eigenvalue weighted by molar-refractivity contribution is -0.145. The molecule has 0 fully saturated rings. The van der Waals surface area contributed by atoms with Gasteiger partial charge in [0.1, 0.15) is 0 Å². The monoisotopic (exact) mass is 260 g/mol. The normalized spacial score (nSPS) is 11.3. The van der Waals surface area contributed by atoms with Gasteiger partial charge in [0.25, 0.3) is 0 Å². The lowest BCUT2D eigenvalue weighted by Crippen LogP contribution is -2.43. The van der Waals surface area contributed by atoms with Crippen molar-refractivity contribution in [3.8, 4) is 0 Å². The molecular formula is C13H28N2O3. The number of carbonyl (C=O) groups excluding carboxylic acids is 1. The number of carbonyl (C=O) groups is 1. The number of rotatable bonds is 10. The molecule has 1 amide bonds. The first kappa shape index (κ1) is 17.4. The summed E-state index contributed by atoms with van der Waals surface area (Å²) in [6, 6.07) is 0. The van der Waals surface area contributed by atoms with Crippen molar-refractivity contribution in [2.45, 2.75) is 33.5 Å². The maximum Gasteiger partial charge on any atom is 0.222 e. The molecule has 0 aromatic rings. The van der Waals surface area contributed by atoms with Gasteiger partial charge in [0.15, 0.2) is 6.29 Å². The third kappa shape index (κ3) is 6.33. The van der Waals surface area contributed by atoms with Crippen molar-refractivity contribution < 1.29 is 14.3 Å². The fraction of sp³-hybridized carbons (Fsp3) is 0.923. The Morgan fingerprint density at radius 1 is 1.06 bits per heavy atom. The summed E-state index contributed by atoms with van der Waals surface area (Å²) >= 11 is 0. The lowest BCUT2D eigenvalue weighted by Gasteiger charge is -2.28. The average Bonchev–Trinajstić information content (AvgIpc) is 2.42. The van der Waals surface area contributed by atoms with E-state index < -0.39 is 0 Å². The zero-order chi connectivity index (χ0) is 14.0. The molecule has 0 aromatic carbocycles. The minimum absolute atomic E-state index is 0.140. The van der Waals surface area contributed by atoms with Gasteiger partial charge in [0.05, 0.1) is 6.54 Å². The molecule has 0 saturated heterocycles. The highest BCUT2D eigenvalue weighted by atomic mass is 16.7. The fourth-order valence-electron chi connectivity index (χ4n) is 1.77. The van der Waals surface area contributed by atoms with Gasteiger partial charge >= 0.3 is 0 Å². The largest absolute Gasteiger partial charge is 0.354 e. The standard InChI is InChI=1S/C13H28N2O3/c1-6-12(16)15(11-13(17-4)18-5)10-9-14(7-2)8-3/h13H,6-11H2,1-5H3. The maximum atomic E-state index is 11.9. The first-order chi connectivity index (χ1) is 8.62. The zero-order valence-electron chi connectivity index (χ0n) is 12.4. The first-order valence-corrected chi connectivity index (χ1v) is 6.68. The Morgan fingerprint density at radius 3 is 2.00 bits per heavy atom. The van der Waals surface area contributed by atoms with E-state index in [1.54, 1.807) is 14.2 Å². The van der Waals surface area contributed by atoms with Gasteiger partial charge < -0.3 is 19.3 Å². The first-order valence-electron chi connectivity index (χ1n) is 6.68. The van der Waals surface area contributed by atoms with Crippen LogP contribution in [0.15, 0.2) is 0 Å². The molecule has 0 radical (unpaired) electrons. The Balaban J connectivity index is 4.35. The number of nitrogens with zero attached hydrogens (tertiary/aromatic N) is 2. The Kier molecular flexibility index (Phi) is 9.92. The van der Waals surface area contributed by atoms with Crippen molar-refractivity contribution in [1.29, 1.82) is 0 Å². The van der Waals surface area contributed by atoms with Crippen LogP contribution in [0.4, 0.5) is 0 Å². The molecule has 0 N–H and O–H groups in total. The molecule has 0 bridgehead atoms. The topological polar surface area (TPSA) is 42.0 Å². The van der Waals surface area contributed by atoms with Crippen LogP contribution < -0.4 is 0 Å². The summed E-state index contributed by atoms with van der Waals surface area (Å²) in [6.45, 7) is 10.2.